The molecule has 3 heterocycles. The summed E-state index contributed by atoms with van der Waals surface area (Å²) in [4.78, 5) is 7.11. The van der Waals surface area contributed by atoms with Gasteiger partial charge in [0.15, 0.2) is 0 Å². The van der Waals surface area contributed by atoms with Gasteiger partial charge in [0.1, 0.15) is 5.76 Å². The fourth-order valence-corrected chi connectivity index (χ4v) is 3.52. The minimum atomic E-state index is -0.280. The van der Waals surface area contributed by atoms with Gasteiger partial charge in [0.05, 0.1) is 25.0 Å². The van der Waals surface area contributed by atoms with E-state index in [0.29, 0.717) is 0 Å². The van der Waals surface area contributed by atoms with Crippen LogP contribution in [-0.2, 0) is 11.3 Å². The second-order valence-corrected chi connectivity index (χ2v) is 6.95. The monoisotopic (exact) mass is 338 g/mol. The van der Waals surface area contributed by atoms with Crippen molar-refractivity contribution in [2.75, 3.05) is 65.6 Å². The molecule has 2 aliphatic rings. The van der Waals surface area contributed by atoms with Gasteiger partial charge in [0, 0.05) is 64.5 Å². The highest BCUT2D eigenvalue weighted by Gasteiger charge is 2.22. The number of aliphatic hydroxyl groups is 1. The summed E-state index contributed by atoms with van der Waals surface area (Å²) in [5, 5.41) is 14.4. The van der Waals surface area contributed by atoms with Crippen molar-refractivity contribution in [2.45, 2.75) is 26.5 Å². The van der Waals surface area contributed by atoms with Crippen LogP contribution < -0.4 is 0 Å². The molecule has 0 aromatic carbocycles. The van der Waals surface area contributed by atoms with Gasteiger partial charge in [0.2, 0.25) is 0 Å². The number of aliphatic hydroxyl groups excluding tert-OH is 1. The van der Waals surface area contributed by atoms with Gasteiger partial charge >= 0.3 is 0 Å². The Labute approximate surface area is 144 Å². The quantitative estimate of drug-likeness (QED) is 0.789. The summed E-state index contributed by atoms with van der Waals surface area (Å²) >= 11 is 0. The zero-order valence-corrected chi connectivity index (χ0v) is 14.9. The lowest BCUT2D eigenvalue weighted by Crippen LogP contribution is -2.50. The fourth-order valence-electron chi connectivity index (χ4n) is 3.52. The molecule has 2 aliphatic heterocycles. The van der Waals surface area contributed by atoms with Gasteiger partial charge in [-0.2, -0.15) is 0 Å². The zero-order chi connectivity index (χ0) is 16.9. The molecule has 2 saturated heterocycles. The normalized spacial score (nSPS) is 22.8. The standard InChI is InChI=1S/C17H30N4O3/c1-14-17(15(2)24-18-14)13-20-5-3-19(4-6-20)11-16(22)12-21-7-9-23-10-8-21/h16,22H,3-13H2,1-2H3. The molecule has 0 radical (unpaired) electrons. The van der Waals surface area contributed by atoms with Crippen molar-refractivity contribution in [1.82, 2.24) is 19.9 Å². The van der Waals surface area contributed by atoms with Crippen molar-refractivity contribution in [3.8, 4) is 0 Å². The van der Waals surface area contributed by atoms with Crippen molar-refractivity contribution in [2.24, 2.45) is 0 Å². The number of piperazine rings is 1. The van der Waals surface area contributed by atoms with E-state index in [0.717, 1.165) is 83.6 Å². The fraction of sp³-hybridized carbons (Fsp3) is 0.824. The number of ether oxygens (including phenoxy) is 1. The highest BCUT2D eigenvalue weighted by atomic mass is 16.5. The summed E-state index contributed by atoms with van der Waals surface area (Å²) in [5.74, 6) is 0.927. The molecule has 136 valence electrons. The van der Waals surface area contributed by atoms with Crippen LogP contribution in [0, 0.1) is 13.8 Å². The van der Waals surface area contributed by atoms with Gasteiger partial charge in [-0.1, -0.05) is 5.16 Å². The van der Waals surface area contributed by atoms with Gasteiger partial charge in [-0.3, -0.25) is 14.7 Å². The molecular weight excluding hydrogens is 308 g/mol. The summed E-state index contributed by atoms with van der Waals surface area (Å²) in [6.45, 7) is 13.9. The molecule has 0 saturated carbocycles. The number of β-amino-alcohol motifs (C(OH)–C–C–N with tert-alkyl or cyclic N) is 1. The van der Waals surface area contributed by atoms with Crippen LogP contribution in [0.5, 0.6) is 0 Å². The minimum Gasteiger partial charge on any atom is -0.390 e. The molecule has 7 heteroatoms. The van der Waals surface area contributed by atoms with Gasteiger partial charge in [-0.25, -0.2) is 0 Å². The van der Waals surface area contributed by atoms with Crippen LogP contribution in [0.2, 0.25) is 0 Å². The van der Waals surface area contributed by atoms with E-state index >= 15 is 0 Å². The van der Waals surface area contributed by atoms with E-state index in [2.05, 4.69) is 19.9 Å². The van der Waals surface area contributed by atoms with Crippen LogP contribution in [0.1, 0.15) is 17.0 Å². The first-order valence-corrected chi connectivity index (χ1v) is 8.96. The molecule has 1 aromatic rings. The van der Waals surface area contributed by atoms with Crippen LogP contribution in [0.4, 0.5) is 0 Å². The molecule has 24 heavy (non-hydrogen) atoms. The van der Waals surface area contributed by atoms with Gasteiger partial charge < -0.3 is 14.4 Å². The first kappa shape index (κ1) is 17.8. The van der Waals surface area contributed by atoms with Crippen molar-refractivity contribution in [3.05, 3.63) is 17.0 Å². The van der Waals surface area contributed by atoms with Gasteiger partial charge in [-0.05, 0) is 13.8 Å². The van der Waals surface area contributed by atoms with Crippen LogP contribution in [0.3, 0.4) is 0 Å². The third-order valence-electron chi connectivity index (χ3n) is 5.07. The molecule has 3 rings (SSSR count). The van der Waals surface area contributed by atoms with Crippen molar-refractivity contribution in [3.63, 3.8) is 0 Å². The lowest BCUT2D eigenvalue weighted by atomic mass is 10.1. The molecule has 2 fully saturated rings. The zero-order valence-electron chi connectivity index (χ0n) is 14.9. The summed E-state index contributed by atoms with van der Waals surface area (Å²) in [6.07, 6.45) is -0.280. The van der Waals surface area contributed by atoms with E-state index in [9.17, 15) is 5.11 Å². The summed E-state index contributed by atoms with van der Waals surface area (Å²) in [5.41, 5.74) is 2.21. The van der Waals surface area contributed by atoms with E-state index < -0.39 is 0 Å². The SMILES string of the molecule is Cc1noc(C)c1CN1CCN(CC(O)CN2CCOCC2)CC1. The number of hydrogen-bond donors (Lipinski definition) is 1. The van der Waals surface area contributed by atoms with Crippen molar-refractivity contribution >= 4 is 0 Å². The molecular formula is C17H30N4O3. The van der Waals surface area contributed by atoms with E-state index in [-0.39, 0.29) is 6.10 Å². The number of aromatic nitrogens is 1. The van der Waals surface area contributed by atoms with Gasteiger partial charge in [-0.15, -0.1) is 0 Å². The first-order valence-electron chi connectivity index (χ1n) is 8.96. The molecule has 1 unspecified atom stereocenters. The Kier molecular flexibility index (Phi) is 6.24. The lowest BCUT2D eigenvalue weighted by Gasteiger charge is -2.36. The van der Waals surface area contributed by atoms with E-state index in [1.165, 1.54) is 5.56 Å². The number of nitrogens with zero attached hydrogens (tertiary/aromatic N) is 4. The summed E-state index contributed by atoms with van der Waals surface area (Å²) < 4.78 is 10.6. The molecule has 1 aromatic heterocycles. The summed E-state index contributed by atoms with van der Waals surface area (Å²) in [6, 6.07) is 0. The Morgan fingerprint density at radius 3 is 2.12 bits per heavy atom. The first-order chi connectivity index (χ1) is 11.6. The maximum Gasteiger partial charge on any atom is 0.138 e. The Bertz CT molecular complexity index is 488. The number of morpholine rings is 1. The molecule has 0 aliphatic carbocycles. The number of rotatable bonds is 6. The van der Waals surface area contributed by atoms with E-state index in [1.54, 1.807) is 0 Å². The van der Waals surface area contributed by atoms with Crippen molar-refractivity contribution < 1.29 is 14.4 Å². The Morgan fingerprint density at radius 2 is 1.54 bits per heavy atom. The minimum absolute atomic E-state index is 0.280. The predicted octanol–water partition coefficient (Wildman–Crippen LogP) is 0.102. The Hall–Kier alpha value is -0.990. The molecule has 0 spiro atoms. The molecule has 7 nitrogen and oxygen atoms in total. The highest BCUT2D eigenvalue weighted by Crippen LogP contribution is 2.16. The Balaban J connectivity index is 1.38. The number of hydrogen-bond acceptors (Lipinski definition) is 7. The molecule has 1 atom stereocenters. The summed E-state index contributed by atoms with van der Waals surface area (Å²) in [7, 11) is 0. The topological polar surface area (TPSA) is 65.2 Å². The average Bonchev–Trinajstić information content (AvgIpc) is 2.89. The van der Waals surface area contributed by atoms with E-state index in [4.69, 9.17) is 9.26 Å². The molecule has 1 N–H and O–H groups in total. The van der Waals surface area contributed by atoms with Crippen LogP contribution in [-0.4, -0.2) is 96.6 Å². The van der Waals surface area contributed by atoms with Crippen LogP contribution in [0.25, 0.3) is 0 Å². The molecule has 0 bridgehead atoms. The number of aryl methyl sites for hydroxylation is 2. The lowest BCUT2D eigenvalue weighted by molar-refractivity contribution is 0.00216. The van der Waals surface area contributed by atoms with Crippen LogP contribution in [0.15, 0.2) is 4.52 Å². The average molecular weight is 338 g/mol. The maximum absolute atomic E-state index is 10.3. The largest absolute Gasteiger partial charge is 0.390 e. The van der Waals surface area contributed by atoms with Crippen LogP contribution >= 0.6 is 0 Å². The Morgan fingerprint density at radius 1 is 0.958 bits per heavy atom. The van der Waals surface area contributed by atoms with E-state index in [1.807, 2.05) is 13.8 Å². The van der Waals surface area contributed by atoms with Gasteiger partial charge in [0.25, 0.3) is 0 Å². The maximum atomic E-state index is 10.3. The third-order valence-corrected chi connectivity index (χ3v) is 5.07. The molecule has 0 amide bonds. The highest BCUT2D eigenvalue weighted by molar-refractivity contribution is 5.20. The van der Waals surface area contributed by atoms with Crippen molar-refractivity contribution in [1.29, 1.82) is 0 Å². The predicted molar refractivity (Wildman–Crippen MR) is 91.0 cm³/mol. The smallest absolute Gasteiger partial charge is 0.138 e. The second kappa shape index (κ2) is 8.40. The third kappa shape index (κ3) is 4.77. The second-order valence-electron chi connectivity index (χ2n) is 6.95.